The van der Waals surface area contributed by atoms with Crippen LogP contribution in [-0.2, 0) is 11.4 Å². The Labute approximate surface area is 195 Å². The van der Waals surface area contributed by atoms with Gasteiger partial charge >= 0.3 is 0 Å². The van der Waals surface area contributed by atoms with Crippen molar-refractivity contribution < 1.29 is 19.4 Å². The lowest BCUT2D eigenvalue weighted by atomic mass is 10.0. The molecule has 1 aliphatic rings. The first-order valence-corrected chi connectivity index (χ1v) is 11.2. The third-order valence-electron chi connectivity index (χ3n) is 5.50. The molecule has 0 spiro atoms. The molecule has 0 aromatic heterocycles. The van der Waals surface area contributed by atoms with Crippen molar-refractivity contribution in [3.05, 3.63) is 96.1 Å². The zero-order chi connectivity index (χ0) is 22.9. The first kappa shape index (κ1) is 22.8. The second kappa shape index (κ2) is 11.5. The molecule has 2 atom stereocenters. The van der Waals surface area contributed by atoms with Crippen molar-refractivity contribution in [3.63, 3.8) is 0 Å². The van der Waals surface area contributed by atoms with Crippen molar-refractivity contribution in [2.24, 2.45) is 5.16 Å². The van der Waals surface area contributed by atoms with Gasteiger partial charge in [-0.05, 0) is 35.4 Å². The molecule has 0 unspecified atom stereocenters. The van der Waals surface area contributed by atoms with Crippen LogP contribution in [-0.4, -0.2) is 54.7 Å². The largest absolute Gasteiger partial charge is 0.497 e. The van der Waals surface area contributed by atoms with E-state index in [0.717, 1.165) is 34.8 Å². The fourth-order valence-corrected chi connectivity index (χ4v) is 3.91. The van der Waals surface area contributed by atoms with Gasteiger partial charge in [0.15, 0.2) is 0 Å². The standard InChI is InChI=1S/C27H30N2O4/c1-31-25-14-8-9-21(15-25)17-29(18-23(30)20-32-24-12-6-3-7-13-24)19-26-16-27(28-33-26)22-10-4-2-5-11-22/h2-15,23,26,30H,16-20H2,1H3/t23-,26-/m1/s1. The van der Waals surface area contributed by atoms with Crippen molar-refractivity contribution in [2.45, 2.75) is 25.2 Å². The number of hydrogen-bond donors (Lipinski definition) is 1. The Kier molecular flexibility index (Phi) is 7.95. The monoisotopic (exact) mass is 446 g/mol. The molecule has 0 saturated carbocycles. The zero-order valence-electron chi connectivity index (χ0n) is 18.8. The van der Waals surface area contributed by atoms with E-state index in [1.807, 2.05) is 78.9 Å². The van der Waals surface area contributed by atoms with Gasteiger partial charge in [0.1, 0.15) is 30.3 Å². The van der Waals surface area contributed by atoms with Crippen LogP contribution in [0.2, 0.25) is 0 Å². The van der Waals surface area contributed by atoms with Gasteiger partial charge in [-0.2, -0.15) is 0 Å². The molecule has 172 valence electrons. The van der Waals surface area contributed by atoms with E-state index in [4.69, 9.17) is 14.3 Å². The second-order valence-electron chi connectivity index (χ2n) is 8.16. The van der Waals surface area contributed by atoms with Gasteiger partial charge in [-0.25, -0.2) is 0 Å². The second-order valence-corrected chi connectivity index (χ2v) is 8.16. The van der Waals surface area contributed by atoms with Gasteiger partial charge in [0, 0.05) is 26.1 Å². The molecule has 3 aromatic carbocycles. The minimum absolute atomic E-state index is 0.0759. The minimum atomic E-state index is -0.647. The summed E-state index contributed by atoms with van der Waals surface area (Å²) in [7, 11) is 1.66. The van der Waals surface area contributed by atoms with Crippen LogP contribution in [0, 0.1) is 0 Å². The molecule has 0 bridgehead atoms. The predicted molar refractivity (Wildman–Crippen MR) is 129 cm³/mol. The van der Waals surface area contributed by atoms with Crippen molar-refractivity contribution in [1.82, 2.24) is 4.90 Å². The van der Waals surface area contributed by atoms with E-state index in [0.29, 0.717) is 19.6 Å². The number of nitrogens with zero attached hydrogens (tertiary/aromatic N) is 2. The number of oxime groups is 1. The summed E-state index contributed by atoms with van der Waals surface area (Å²) in [6.07, 6.45) is 0.00896. The molecule has 1 N–H and O–H groups in total. The molecular weight excluding hydrogens is 416 g/mol. The van der Waals surface area contributed by atoms with Gasteiger partial charge < -0.3 is 19.4 Å². The van der Waals surface area contributed by atoms with Gasteiger partial charge in [0.05, 0.1) is 12.8 Å². The molecule has 0 aliphatic carbocycles. The molecule has 0 amide bonds. The SMILES string of the molecule is COc1cccc(CN(C[C@@H](O)COc2ccccc2)C[C@H]2CC(c3ccccc3)=NO2)c1. The van der Waals surface area contributed by atoms with Crippen LogP contribution in [0.25, 0.3) is 0 Å². The number of para-hydroxylation sites is 1. The molecule has 0 saturated heterocycles. The van der Waals surface area contributed by atoms with E-state index < -0.39 is 6.10 Å². The number of hydrogen-bond acceptors (Lipinski definition) is 6. The fraction of sp³-hybridized carbons (Fsp3) is 0.296. The van der Waals surface area contributed by atoms with Gasteiger partial charge in [-0.3, -0.25) is 4.90 Å². The summed E-state index contributed by atoms with van der Waals surface area (Å²) in [5, 5.41) is 15.0. The average molecular weight is 447 g/mol. The molecule has 0 radical (unpaired) electrons. The number of aliphatic hydroxyl groups excluding tert-OH is 1. The highest BCUT2D eigenvalue weighted by atomic mass is 16.6. The van der Waals surface area contributed by atoms with Gasteiger partial charge in [0.25, 0.3) is 0 Å². The van der Waals surface area contributed by atoms with Gasteiger partial charge in [-0.15, -0.1) is 0 Å². The normalized spacial score (nSPS) is 16.2. The molecular formula is C27H30N2O4. The first-order valence-electron chi connectivity index (χ1n) is 11.2. The summed E-state index contributed by atoms with van der Waals surface area (Å²) >= 11 is 0. The Morgan fingerprint density at radius 1 is 1.00 bits per heavy atom. The Hall–Kier alpha value is -3.35. The summed E-state index contributed by atoms with van der Waals surface area (Å²) in [4.78, 5) is 7.94. The summed E-state index contributed by atoms with van der Waals surface area (Å²) < 4.78 is 11.1. The maximum Gasteiger partial charge on any atom is 0.145 e. The van der Waals surface area contributed by atoms with Gasteiger partial charge in [0.2, 0.25) is 0 Å². The molecule has 0 fully saturated rings. The number of aliphatic hydroxyl groups is 1. The van der Waals surface area contributed by atoms with Crippen LogP contribution in [0.15, 0.2) is 90.1 Å². The van der Waals surface area contributed by atoms with Crippen LogP contribution in [0.1, 0.15) is 17.5 Å². The van der Waals surface area contributed by atoms with Gasteiger partial charge in [-0.1, -0.05) is 65.8 Å². The van der Waals surface area contributed by atoms with E-state index >= 15 is 0 Å². The van der Waals surface area contributed by atoms with Crippen molar-refractivity contribution in [3.8, 4) is 11.5 Å². The van der Waals surface area contributed by atoms with Crippen molar-refractivity contribution >= 4 is 5.71 Å². The van der Waals surface area contributed by atoms with Crippen LogP contribution >= 0.6 is 0 Å². The maximum atomic E-state index is 10.7. The minimum Gasteiger partial charge on any atom is -0.497 e. The third-order valence-corrected chi connectivity index (χ3v) is 5.50. The highest BCUT2D eigenvalue weighted by molar-refractivity contribution is 6.01. The Morgan fingerprint density at radius 3 is 2.48 bits per heavy atom. The van der Waals surface area contributed by atoms with Crippen LogP contribution < -0.4 is 9.47 Å². The van der Waals surface area contributed by atoms with E-state index in [-0.39, 0.29) is 12.7 Å². The molecule has 1 aliphatic heterocycles. The summed E-state index contributed by atoms with van der Waals surface area (Å²) in [5.74, 6) is 1.56. The van der Waals surface area contributed by atoms with Crippen molar-refractivity contribution in [1.29, 1.82) is 0 Å². The molecule has 3 aromatic rings. The van der Waals surface area contributed by atoms with E-state index in [1.54, 1.807) is 7.11 Å². The maximum absolute atomic E-state index is 10.7. The average Bonchev–Trinajstić information content (AvgIpc) is 3.32. The number of methoxy groups -OCH3 is 1. The number of ether oxygens (including phenoxy) is 2. The molecule has 6 heteroatoms. The smallest absolute Gasteiger partial charge is 0.145 e. The summed E-state index contributed by atoms with van der Waals surface area (Å²) in [5.41, 5.74) is 3.14. The highest BCUT2D eigenvalue weighted by Gasteiger charge is 2.26. The molecule has 33 heavy (non-hydrogen) atoms. The van der Waals surface area contributed by atoms with E-state index in [2.05, 4.69) is 16.1 Å². The number of rotatable bonds is 11. The topological polar surface area (TPSA) is 63.5 Å². The predicted octanol–water partition coefficient (Wildman–Crippen LogP) is 4.13. The molecule has 1 heterocycles. The summed E-state index contributed by atoms with van der Waals surface area (Å²) in [6, 6.07) is 27.6. The summed E-state index contributed by atoms with van der Waals surface area (Å²) in [6.45, 7) is 1.96. The fourth-order valence-electron chi connectivity index (χ4n) is 3.91. The first-order chi connectivity index (χ1) is 16.2. The van der Waals surface area contributed by atoms with E-state index in [1.165, 1.54) is 0 Å². The van der Waals surface area contributed by atoms with Crippen molar-refractivity contribution in [2.75, 3.05) is 26.8 Å². The zero-order valence-corrected chi connectivity index (χ0v) is 18.8. The highest BCUT2D eigenvalue weighted by Crippen LogP contribution is 2.20. The molecule has 4 rings (SSSR count). The van der Waals surface area contributed by atoms with Crippen LogP contribution in [0.5, 0.6) is 11.5 Å². The lowest BCUT2D eigenvalue weighted by Gasteiger charge is -2.27. The Balaban J connectivity index is 1.38. The van der Waals surface area contributed by atoms with Crippen LogP contribution in [0.3, 0.4) is 0 Å². The quantitative estimate of drug-likeness (QED) is 0.480. The Morgan fingerprint density at radius 2 is 1.73 bits per heavy atom. The molecule has 6 nitrogen and oxygen atoms in total. The lowest BCUT2D eigenvalue weighted by molar-refractivity contribution is 0.0213. The Bertz CT molecular complexity index is 1030. The number of benzene rings is 3. The lowest BCUT2D eigenvalue weighted by Crippen LogP contribution is -2.39. The third kappa shape index (κ3) is 6.81. The van der Waals surface area contributed by atoms with Crippen LogP contribution in [0.4, 0.5) is 0 Å². The van der Waals surface area contributed by atoms with E-state index in [9.17, 15) is 5.11 Å².